The second-order valence-electron chi connectivity index (χ2n) is 4.60. The van der Waals surface area contributed by atoms with Crippen molar-refractivity contribution in [3.05, 3.63) is 28.3 Å². The summed E-state index contributed by atoms with van der Waals surface area (Å²) in [6, 6.07) is 3.82. The van der Waals surface area contributed by atoms with Crippen molar-refractivity contribution in [1.82, 2.24) is 0 Å². The smallest absolute Gasteiger partial charge is 0.293 e. The maximum absolute atomic E-state index is 11.4. The van der Waals surface area contributed by atoms with Gasteiger partial charge < -0.3 is 10.1 Å². The van der Waals surface area contributed by atoms with Crippen LogP contribution in [0.4, 0.5) is 11.4 Å². The molecule has 0 unspecified atom stereocenters. The highest BCUT2D eigenvalue weighted by Gasteiger charge is 2.18. The Balaban J connectivity index is 2.72. The van der Waals surface area contributed by atoms with E-state index in [1.54, 1.807) is 0 Å². The van der Waals surface area contributed by atoms with Gasteiger partial charge in [0.2, 0.25) is 0 Å². The van der Waals surface area contributed by atoms with Crippen molar-refractivity contribution in [3.63, 3.8) is 0 Å². The molecule has 7 nitrogen and oxygen atoms in total. The third-order valence-electron chi connectivity index (χ3n) is 2.80. The van der Waals surface area contributed by atoms with Crippen LogP contribution in [0.15, 0.2) is 23.1 Å². The van der Waals surface area contributed by atoms with Crippen LogP contribution >= 0.6 is 0 Å². The van der Waals surface area contributed by atoms with Crippen LogP contribution in [-0.4, -0.2) is 39.4 Å². The van der Waals surface area contributed by atoms with E-state index in [2.05, 4.69) is 12.2 Å². The summed E-state index contributed by atoms with van der Waals surface area (Å²) in [5, 5.41) is 13.9. The van der Waals surface area contributed by atoms with Crippen LogP contribution in [0.25, 0.3) is 0 Å². The molecule has 0 aliphatic heterocycles. The van der Waals surface area contributed by atoms with Gasteiger partial charge in [0.05, 0.1) is 16.4 Å². The van der Waals surface area contributed by atoms with Crippen LogP contribution in [0.1, 0.15) is 19.8 Å². The zero-order valence-corrected chi connectivity index (χ0v) is 13.0. The number of sulfone groups is 1. The maximum Gasteiger partial charge on any atom is 0.293 e. The van der Waals surface area contributed by atoms with Gasteiger partial charge in [0, 0.05) is 25.5 Å². The zero-order valence-electron chi connectivity index (χ0n) is 12.2. The van der Waals surface area contributed by atoms with E-state index < -0.39 is 14.8 Å². The van der Waals surface area contributed by atoms with Crippen molar-refractivity contribution in [2.24, 2.45) is 0 Å². The molecule has 21 heavy (non-hydrogen) atoms. The van der Waals surface area contributed by atoms with E-state index in [1.165, 1.54) is 12.1 Å². The van der Waals surface area contributed by atoms with Crippen LogP contribution < -0.4 is 5.32 Å². The summed E-state index contributed by atoms with van der Waals surface area (Å²) in [5.41, 5.74) is 0.0259. The standard InChI is InChI=1S/C13H20N2O5S/c1-3-4-8-20-9-7-14-12-6-5-11(21(2,18)19)10-13(12)15(16)17/h5-6,10,14H,3-4,7-9H2,1-2H3. The van der Waals surface area contributed by atoms with Gasteiger partial charge in [-0.2, -0.15) is 0 Å². The highest BCUT2D eigenvalue weighted by atomic mass is 32.2. The molecule has 0 atom stereocenters. The normalized spacial score (nSPS) is 11.3. The Morgan fingerprint density at radius 1 is 1.33 bits per heavy atom. The third kappa shape index (κ3) is 5.68. The molecule has 0 amide bonds. The minimum absolute atomic E-state index is 0.0704. The van der Waals surface area contributed by atoms with E-state index in [1.807, 2.05) is 0 Å². The fraction of sp³-hybridized carbons (Fsp3) is 0.538. The van der Waals surface area contributed by atoms with Crippen molar-refractivity contribution in [3.8, 4) is 0 Å². The fourth-order valence-electron chi connectivity index (χ4n) is 1.65. The van der Waals surface area contributed by atoms with Crippen molar-refractivity contribution in [1.29, 1.82) is 0 Å². The Hall–Kier alpha value is -1.67. The van der Waals surface area contributed by atoms with E-state index in [0.717, 1.165) is 25.2 Å². The first-order chi connectivity index (χ1) is 9.86. The second-order valence-corrected chi connectivity index (χ2v) is 6.62. The van der Waals surface area contributed by atoms with Gasteiger partial charge in [-0.1, -0.05) is 13.3 Å². The summed E-state index contributed by atoms with van der Waals surface area (Å²) in [6.45, 7) is 3.58. The molecule has 1 rings (SSSR count). The van der Waals surface area contributed by atoms with Crippen LogP contribution in [0.2, 0.25) is 0 Å². The lowest BCUT2D eigenvalue weighted by atomic mass is 10.2. The molecule has 1 N–H and O–H groups in total. The topological polar surface area (TPSA) is 98.5 Å². The minimum atomic E-state index is -3.47. The molecule has 0 aliphatic carbocycles. The first kappa shape index (κ1) is 17.4. The molecule has 0 bridgehead atoms. The largest absolute Gasteiger partial charge is 0.380 e. The van der Waals surface area contributed by atoms with E-state index in [-0.39, 0.29) is 16.3 Å². The highest BCUT2D eigenvalue weighted by Crippen LogP contribution is 2.27. The van der Waals surface area contributed by atoms with Gasteiger partial charge in [-0.25, -0.2) is 8.42 Å². The second kappa shape index (κ2) is 7.94. The van der Waals surface area contributed by atoms with Crippen LogP contribution in [0.5, 0.6) is 0 Å². The van der Waals surface area contributed by atoms with E-state index in [9.17, 15) is 18.5 Å². The molecule has 1 aromatic rings. The van der Waals surface area contributed by atoms with Crippen molar-refractivity contribution in [2.45, 2.75) is 24.7 Å². The number of ether oxygens (including phenoxy) is 1. The lowest BCUT2D eigenvalue weighted by Crippen LogP contribution is -2.11. The monoisotopic (exact) mass is 316 g/mol. The third-order valence-corrected chi connectivity index (χ3v) is 3.91. The summed E-state index contributed by atoms with van der Waals surface area (Å²) in [7, 11) is -3.47. The number of hydrogen-bond donors (Lipinski definition) is 1. The number of benzene rings is 1. The summed E-state index contributed by atoms with van der Waals surface area (Å²) < 4.78 is 28.2. The first-order valence-electron chi connectivity index (χ1n) is 6.66. The number of nitro benzene ring substituents is 1. The average molecular weight is 316 g/mol. The Bertz CT molecular complexity index is 586. The summed E-state index contributed by atoms with van der Waals surface area (Å²) in [4.78, 5) is 10.3. The average Bonchev–Trinajstić information content (AvgIpc) is 2.41. The zero-order chi connectivity index (χ0) is 15.9. The van der Waals surface area contributed by atoms with Gasteiger partial charge in [0.15, 0.2) is 9.84 Å². The molecule has 8 heteroatoms. The SMILES string of the molecule is CCCCOCCNc1ccc(S(C)(=O)=O)cc1[N+](=O)[O-]. The first-order valence-corrected chi connectivity index (χ1v) is 8.55. The Labute approximate surface area is 124 Å². The number of anilines is 1. The van der Waals surface area contributed by atoms with Gasteiger partial charge in [-0.05, 0) is 18.6 Å². The van der Waals surface area contributed by atoms with E-state index in [4.69, 9.17) is 4.74 Å². The molecule has 0 fully saturated rings. The Morgan fingerprint density at radius 2 is 2.05 bits per heavy atom. The Morgan fingerprint density at radius 3 is 2.62 bits per heavy atom. The van der Waals surface area contributed by atoms with Crippen molar-refractivity contribution >= 4 is 21.2 Å². The lowest BCUT2D eigenvalue weighted by molar-refractivity contribution is -0.384. The maximum atomic E-state index is 11.4. The van der Waals surface area contributed by atoms with Gasteiger partial charge >= 0.3 is 0 Å². The predicted molar refractivity (Wildman–Crippen MR) is 80.4 cm³/mol. The molecule has 0 saturated heterocycles. The van der Waals surface area contributed by atoms with Gasteiger partial charge in [-0.15, -0.1) is 0 Å². The van der Waals surface area contributed by atoms with Crippen molar-refractivity contribution < 1.29 is 18.1 Å². The molecule has 0 radical (unpaired) electrons. The summed E-state index contributed by atoms with van der Waals surface area (Å²) in [5.74, 6) is 0. The molecule has 1 aromatic carbocycles. The van der Waals surface area contributed by atoms with Crippen LogP contribution in [0.3, 0.4) is 0 Å². The van der Waals surface area contributed by atoms with Crippen LogP contribution in [0, 0.1) is 10.1 Å². The molecule has 0 aromatic heterocycles. The number of hydrogen-bond acceptors (Lipinski definition) is 6. The summed E-state index contributed by atoms with van der Waals surface area (Å²) in [6.07, 6.45) is 3.04. The molecule has 0 heterocycles. The number of unbranched alkanes of at least 4 members (excludes halogenated alkanes) is 1. The summed E-state index contributed by atoms with van der Waals surface area (Å²) >= 11 is 0. The van der Waals surface area contributed by atoms with Gasteiger partial charge in [0.25, 0.3) is 5.69 Å². The number of nitrogens with one attached hydrogen (secondary N) is 1. The van der Waals surface area contributed by atoms with Gasteiger partial charge in [-0.3, -0.25) is 10.1 Å². The molecular formula is C13H20N2O5S. The lowest BCUT2D eigenvalue weighted by Gasteiger charge is -2.08. The quantitative estimate of drug-likeness (QED) is 0.426. The molecular weight excluding hydrogens is 296 g/mol. The number of rotatable bonds is 9. The predicted octanol–water partition coefficient (Wildman–Crippen LogP) is 2.23. The van der Waals surface area contributed by atoms with Crippen molar-refractivity contribution in [2.75, 3.05) is 31.3 Å². The number of nitro groups is 1. The molecule has 0 spiro atoms. The molecule has 0 aliphatic rings. The fourth-order valence-corrected chi connectivity index (χ4v) is 2.29. The Kier molecular flexibility index (Phi) is 6.57. The van der Waals surface area contributed by atoms with E-state index in [0.29, 0.717) is 19.8 Å². The molecule has 0 saturated carbocycles. The van der Waals surface area contributed by atoms with Gasteiger partial charge in [0.1, 0.15) is 5.69 Å². The van der Waals surface area contributed by atoms with Crippen LogP contribution in [-0.2, 0) is 14.6 Å². The molecule has 118 valence electrons. The number of nitrogens with zero attached hydrogens (tertiary/aromatic N) is 1. The minimum Gasteiger partial charge on any atom is -0.380 e. The highest BCUT2D eigenvalue weighted by molar-refractivity contribution is 7.90. The van der Waals surface area contributed by atoms with E-state index >= 15 is 0 Å².